The number of aromatic amines is 1. The minimum atomic E-state index is -4.49. The summed E-state index contributed by atoms with van der Waals surface area (Å²) in [6.45, 7) is 3.60. The predicted octanol–water partition coefficient (Wildman–Crippen LogP) is 3.24. The molecular formula is C17H18F3N7S. The largest absolute Gasteiger partial charge is 0.433 e. The van der Waals surface area contributed by atoms with Gasteiger partial charge in [0.15, 0.2) is 11.3 Å². The van der Waals surface area contributed by atoms with Crippen LogP contribution in [0.4, 0.5) is 19.1 Å². The van der Waals surface area contributed by atoms with Crippen LogP contribution in [0.15, 0.2) is 34.4 Å². The van der Waals surface area contributed by atoms with E-state index in [2.05, 4.69) is 29.8 Å². The van der Waals surface area contributed by atoms with E-state index < -0.39 is 11.9 Å². The quantitative estimate of drug-likeness (QED) is 0.685. The number of pyridine rings is 1. The first-order valence-corrected chi connectivity index (χ1v) is 9.50. The fourth-order valence-corrected chi connectivity index (χ4v) is 3.67. The summed E-state index contributed by atoms with van der Waals surface area (Å²) in [6.07, 6.45) is -1.29. The van der Waals surface area contributed by atoms with Crippen LogP contribution < -0.4 is 10.6 Å². The van der Waals surface area contributed by atoms with Gasteiger partial charge in [-0.15, -0.1) is 0 Å². The molecule has 11 heteroatoms. The summed E-state index contributed by atoms with van der Waals surface area (Å²) in [7, 11) is 0. The Morgan fingerprint density at radius 2 is 1.89 bits per heavy atom. The van der Waals surface area contributed by atoms with Gasteiger partial charge in [-0.2, -0.15) is 18.2 Å². The molecule has 3 aromatic heterocycles. The molecule has 3 N–H and O–H groups in total. The van der Waals surface area contributed by atoms with E-state index in [0.717, 1.165) is 43.8 Å². The fraction of sp³-hybridized carbons (Fsp3) is 0.412. The van der Waals surface area contributed by atoms with Gasteiger partial charge in [-0.3, -0.25) is 0 Å². The number of hydrogen-bond donors (Lipinski definition) is 2. The number of nitrogens with one attached hydrogen (secondary N) is 1. The third kappa shape index (κ3) is 4.04. The molecule has 1 aliphatic heterocycles. The highest BCUT2D eigenvalue weighted by atomic mass is 32.2. The number of nitrogens with zero attached hydrogens (tertiary/aromatic N) is 5. The van der Waals surface area contributed by atoms with E-state index >= 15 is 0 Å². The maximum absolute atomic E-state index is 12.8. The van der Waals surface area contributed by atoms with Gasteiger partial charge in [0.2, 0.25) is 5.95 Å². The third-order valence-corrected chi connectivity index (χ3v) is 5.44. The summed E-state index contributed by atoms with van der Waals surface area (Å²) in [5, 5.41) is 0.614. The van der Waals surface area contributed by atoms with Gasteiger partial charge < -0.3 is 15.6 Å². The number of hydrogen-bond acceptors (Lipinski definition) is 7. The molecule has 0 unspecified atom stereocenters. The zero-order valence-corrected chi connectivity index (χ0v) is 15.8. The summed E-state index contributed by atoms with van der Waals surface area (Å²) in [5.74, 6) is 0.671. The zero-order chi connectivity index (χ0) is 19.9. The van der Waals surface area contributed by atoms with Crippen LogP contribution in [-0.4, -0.2) is 43.5 Å². The van der Waals surface area contributed by atoms with Gasteiger partial charge in [-0.25, -0.2) is 15.0 Å². The Morgan fingerprint density at radius 3 is 2.61 bits per heavy atom. The van der Waals surface area contributed by atoms with Crippen molar-refractivity contribution in [3.05, 3.63) is 30.1 Å². The molecule has 0 aliphatic carbocycles. The average Bonchev–Trinajstić information content (AvgIpc) is 3.04. The van der Waals surface area contributed by atoms with Crippen molar-refractivity contribution >= 4 is 29.0 Å². The Morgan fingerprint density at radius 1 is 1.14 bits per heavy atom. The van der Waals surface area contributed by atoms with Gasteiger partial charge in [-0.1, -0.05) is 6.07 Å². The minimum Gasteiger partial charge on any atom is -0.342 e. The molecule has 1 fully saturated rings. The van der Waals surface area contributed by atoms with Crippen LogP contribution >= 0.6 is 11.8 Å². The highest BCUT2D eigenvalue weighted by Crippen LogP contribution is 2.31. The van der Waals surface area contributed by atoms with E-state index in [1.165, 1.54) is 18.3 Å². The van der Waals surface area contributed by atoms with Crippen LogP contribution in [0.25, 0.3) is 11.3 Å². The van der Waals surface area contributed by atoms with Crippen LogP contribution in [0.5, 0.6) is 0 Å². The first-order chi connectivity index (χ1) is 13.2. The molecule has 4 heterocycles. The second kappa shape index (κ2) is 6.89. The van der Waals surface area contributed by atoms with Crippen LogP contribution in [0.3, 0.4) is 0 Å². The predicted molar refractivity (Wildman–Crippen MR) is 99.1 cm³/mol. The number of piperidine rings is 1. The molecule has 0 aromatic carbocycles. The van der Waals surface area contributed by atoms with Crippen LogP contribution in [0.2, 0.25) is 0 Å². The van der Waals surface area contributed by atoms with Crippen molar-refractivity contribution in [1.82, 2.24) is 24.9 Å². The minimum absolute atomic E-state index is 0.166. The number of halogens is 3. The topological polar surface area (TPSA) is 96.6 Å². The van der Waals surface area contributed by atoms with E-state index in [1.807, 2.05) is 6.92 Å². The number of fused-ring (bicyclic) bond motifs is 1. The van der Waals surface area contributed by atoms with Crippen molar-refractivity contribution in [2.24, 2.45) is 5.73 Å². The second-order valence-electron chi connectivity index (χ2n) is 7.04. The summed E-state index contributed by atoms with van der Waals surface area (Å²) in [6, 6.07) is 3.75. The smallest absolute Gasteiger partial charge is 0.342 e. The zero-order valence-electron chi connectivity index (χ0n) is 15.0. The highest BCUT2D eigenvalue weighted by molar-refractivity contribution is 7.99. The van der Waals surface area contributed by atoms with Crippen LogP contribution in [0, 0.1) is 0 Å². The number of alkyl halides is 3. The van der Waals surface area contributed by atoms with Crippen molar-refractivity contribution in [2.75, 3.05) is 18.0 Å². The number of anilines is 1. The molecule has 1 saturated heterocycles. The lowest BCUT2D eigenvalue weighted by Crippen LogP contribution is -2.48. The first-order valence-electron chi connectivity index (χ1n) is 8.68. The Balaban J connectivity index is 1.54. The molecule has 0 atom stereocenters. The fourth-order valence-electron chi connectivity index (χ4n) is 2.93. The summed E-state index contributed by atoms with van der Waals surface area (Å²) < 4.78 is 38.4. The molecule has 0 amide bonds. The lowest BCUT2D eigenvalue weighted by Gasteiger charge is -2.36. The van der Waals surface area contributed by atoms with E-state index in [0.29, 0.717) is 22.3 Å². The Hall–Kier alpha value is -2.40. The van der Waals surface area contributed by atoms with E-state index in [9.17, 15) is 13.2 Å². The van der Waals surface area contributed by atoms with Crippen LogP contribution in [-0.2, 0) is 6.18 Å². The molecule has 0 spiro atoms. The molecule has 28 heavy (non-hydrogen) atoms. The SMILES string of the molecule is CC1(N)CCN(c2nc3nc(Sc4cccc(C(F)(F)F)n4)cnc3[nH]2)CC1. The van der Waals surface area contributed by atoms with Crippen molar-refractivity contribution in [3.8, 4) is 0 Å². The molecular weight excluding hydrogens is 391 g/mol. The molecule has 0 radical (unpaired) electrons. The maximum atomic E-state index is 12.8. The van der Waals surface area contributed by atoms with E-state index in [1.54, 1.807) is 0 Å². The maximum Gasteiger partial charge on any atom is 0.433 e. The van der Waals surface area contributed by atoms with Gasteiger partial charge in [0.1, 0.15) is 15.7 Å². The van der Waals surface area contributed by atoms with Gasteiger partial charge in [-0.05, 0) is 43.7 Å². The standard InChI is InChI=1S/C17H18F3N7S/c1-16(21)5-7-27(8-6-16)15-25-13-14(26-15)24-12(9-22-13)28-11-4-2-3-10(23-11)17(18,19)20/h2-4,9H,5-8,21H2,1H3,(H,22,24,25,26). The molecule has 3 aromatic rings. The average molecular weight is 409 g/mol. The highest BCUT2D eigenvalue weighted by Gasteiger charge is 2.32. The van der Waals surface area contributed by atoms with Crippen molar-refractivity contribution in [1.29, 1.82) is 0 Å². The third-order valence-electron chi connectivity index (χ3n) is 4.60. The normalized spacial score (nSPS) is 17.2. The summed E-state index contributed by atoms with van der Waals surface area (Å²) in [5.41, 5.74) is 5.99. The molecule has 1 aliphatic rings. The summed E-state index contributed by atoms with van der Waals surface area (Å²) in [4.78, 5) is 22.0. The number of imidazole rings is 1. The van der Waals surface area contributed by atoms with E-state index in [4.69, 9.17) is 5.73 Å². The van der Waals surface area contributed by atoms with Gasteiger partial charge in [0, 0.05) is 18.6 Å². The van der Waals surface area contributed by atoms with Gasteiger partial charge in [0.25, 0.3) is 0 Å². The number of H-pyrrole nitrogens is 1. The monoisotopic (exact) mass is 409 g/mol. The summed E-state index contributed by atoms with van der Waals surface area (Å²) >= 11 is 1.01. The first kappa shape index (κ1) is 18.9. The number of aromatic nitrogens is 5. The molecule has 0 bridgehead atoms. The lowest BCUT2D eigenvalue weighted by atomic mass is 9.91. The van der Waals surface area contributed by atoms with Crippen molar-refractivity contribution in [3.63, 3.8) is 0 Å². The van der Waals surface area contributed by atoms with Crippen molar-refractivity contribution in [2.45, 2.75) is 41.5 Å². The molecule has 148 valence electrons. The Labute approximate surface area is 163 Å². The van der Waals surface area contributed by atoms with Gasteiger partial charge >= 0.3 is 6.18 Å². The Bertz CT molecular complexity index is 992. The number of rotatable bonds is 3. The second-order valence-corrected chi connectivity index (χ2v) is 8.08. The lowest BCUT2D eigenvalue weighted by molar-refractivity contribution is -0.141. The van der Waals surface area contributed by atoms with E-state index in [-0.39, 0.29) is 10.6 Å². The molecule has 4 rings (SSSR count). The van der Waals surface area contributed by atoms with Gasteiger partial charge in [0.05, 0.1) is 6.20 Å². The number of nitrogens with two attached hydrogens (primary N) is 1. The molecule has 7 nitrogen and oxygen atoms in total. The molecule has 0 saturated carbocycles. The Kier molecular flexibility index (Phi) is 4.66. The van der Waals surface area contributed by atoms with Crippen molar-refractivity contribution < 1.29 is 13.2 Å². The van der Waals surface area contributed by atoms with Crippen LogP contribution in [0.1, 0.15) is 25.5 Å².